The zero-order valence-electron chi connectivity index (χ0n) is 15.2. The number of hydrogen-bond donors (Lipinski definition) is 4. The highest BCUT2D eigenvalue weighted by molar-refractivity contribution is 5.78. The third kappa shape index (κ3) is 2.52. The molecule has 1 aliphatic carbocycles. The van der Waals surface area contributed by atoms with Gasteiger partial charge in [-0.25, -0.2) is 0 Å². The number of carbonyl (C=O) groups excluding carboxylic acids is 1. The minimum atomic E-state index is -1.03. The van der Waals surface area contributed by atoms with Gasteiger partial charge in [-0.2, -0.15) is 0 Å². The van der Waals surface area contributed by atoms with Crippen LogP contribution in [-0.2, 0) is 9.53 Å². The van der Waals surface area contributed by atoms with E-state index in [-0.39, 0.29) is 35.4 Å². The first-order valence-electron chi connectivity index (χ1n) is 8.72. The highest BCUT2D eigenvalue weighted by Gasteiger charge is 2.52. The fourth-order valence-corrected chi connectivity index (χ4v) is 4.26. The summed E-state index contributed by atoms with van der Waals surface area (Å²) in [5.74, 6) is -2.86. The maximum Gasteiger partial charge on any atom is 0.310 e. The Morgan fingerprint density at radius 3 is 2.11 bits per heavy atom. The molecule has 1 aliphatic heterocycles. The molecule has 4 atom stereocenters. The van der Waals surface area contributed by atoms with Gasteiger partial charge in [0.1, 0.15) is 0 Å². The van der Waals surface area contributed by atoms with Crippen molar-refractivity contribution in [3.63, 3.8) is 0 Å². The van der Waals surface area contributed by atoms with Gasteiger partial charge in [-0.05, 0) is 41.0 Å². The second-order valence-electron chi connectivity index (χ2n) is 6.99. The van der Waals surface area contributed by atoms with Crippen LogP contribution in [0.3, 0.4) is 0 Å². The molecule has 1 heterocycles. The molecule has 0 saturated carbocycles. The van der Waals surface area contributed by atoms with Crippen LogP contribution in [0.15, 0.2) is 24.3 Å². The van der Waals surface area contributed by atoms with E-state index in [1.54, 1.807) is 12.1 Å². The lowest BCUT2D eigenvalue weighted by Crippen LogP contribution is -2.34. The fraction of sp³-hybridized carbons (Fsp3) is 0.350. The lowest BCUT2D eigenvalue weighted by molar-refractivity contribution is -0.141. The van der Waals surface area contributed by atoms with Crippen LogP contribution in [-0.4, -0.2) is 47.2 Å². The third-order valence-corrected chi connectivity index (χ3v) is 5.61. The van der Waals surface area contributed by atoms with Gasteiger partial charge < -0.3 is 34.6 Å². The van der Waals surface area contributed by atoms with Crippen LogP contribution in [0.25, 0.3) is 0 Å². The van der Waals surface area contributed by atoms with Crippen LogP contribution in [0.1, 0.15) is 28.7 Å². The minimum absolute atomic E-state index is 0.0502. The van der Waals surface area contributed by atoms with E-state index in [2.05, 4.69) is 0 Å². The molecule has 4 rings (SSSR count). The van der Waals surface area contributed by atoms with Gasteiger partial charge in [0.05, 0.1) is 32.8 Å². The number of aromatic hydroxyl groups is 3. The maximum absolute atomic E-state index is 12.5. The monoisotopic (exact) mass is 388 g/mol. The van der Waals surface area contributed by atoms with E-state index >= 15 is 0 Å². The van der Waals surface area contributed by atoms with Gasteiger partial charge in [-0.15, -0.1) is 0 Å². The van der Waals surface area contributed by atoms with Crippen LogP contribution in [0.4, 0.5) is 0 Å². The van der Waals surface area contributed by atoms with Crippen molar-refractivity contribution < 1.29 is 39.4 Å². The average molecular weight is 388 g/mol. The minimum Gasteiger partial charge on any atom is -0.504 e. The molecule has 2 aromatic rings. The van der Waals surface area contributed by atoms with Gasteiger partial charge in [-0.1, -0.05) is 0 Å². The smallest absolute Gasteiger partial charge is 0.310 e. The first-order chi connectivity index (χ1) is 13.4. The number of rotatable bonds is 3. The van der Waals surface area contributed by atoms with Crippen molar-refractivity contribution in [2.75, 3.05) is 20.8 Å². The molecule has 0 amide bonds. The van der Waals surface area contributed by atoms with Crippen molar-refractivity contribution >= 4 is 5.97 Å². The molecule has 28 heavy (non-hydrogen) atoms. The number of carbonyl (C=O) groups is 1. The van der Waals surface area contributed by atoms with Gasteiger partial charge in [0.25, 0.3) is 0 Å². The standard InChI is InChI=1S/C20H20O8/c1-26-14-3-8(4-15(27-2)19(14)24)16-9-5-12(21)13(22)6-10(9)18(23)11-7-28-20(25)17(11)16/h3-6,11,16-18,21-24H,7H2,1-2H3/t11-,16?,17?,18+/m0/s1. The Morgan fingerprint density at radius 2 is 1.54 bits per heavy atom. The topological polar surface area (TPSA) is 126 Å². The summed E-state index contributed by atoms with van der Waals surface area (Å²) in [5, 5.41) is 40.9. The van der Waals surface area contributed by atoms with Gasteiger partial charge in [-0.3, -0.25) is 4.79 Å². The zero-order chi connectivity index (χ0) is 20.2. The van der Waals surface area contributed by atoms with Crippen molar-refractivity contribution in [2.45, 2.75) is 12.0 Å². The van der Waals surface area contributed by atoms with E-state index in [0.717, 1.165) is 0 Å². The van der Waals surface area contributed by atoms with Crippen molar-refractivity contribution in [3.8, 4) is 28.7 Å². The zero-order valence-corrected chi connectivity index (χ0v) is 15.2. The highest BCUT2D eigenvalue weighted by atomic mass is 16.5. The molecule has 4 N–H and O–H groups in total. The Kier molecular flexibility index (Phi) is 4.23. The van der Waals surface area contributed by atoms with Crippen molar-refractivity contribution in [1.29, 1.82) is 0 Å². The second kappa shape index (κ2) is 6.49. The maximum atomic E-state index is 12.5. The van der Waals surface area contributed by atoms with Crippen LogP contribution in [0.5, 0.6) is 28.7 Å². The normalized spacial score (nSPS) is 25.6. The summed E-state index contributed by atoms with van der Waals surface area (Å²) in [4.78, 5) is 12.5. The first kappa shape index (κ1) is 18.2. The number of ether oxygens (including phenoxy) is 3. The van der Waals surface area contributed by atoms with E-state index < -0.39 is 29.8 Å². The number of phenols is 3. The number of aliphatic hydroxyl groups is 1. The van der Waals surface area contributed by atoms with E-state index in [9.17, 15) is 25.2 Å². The molecule has 2 aromatic carbocycles. The Morgan fingerprint density at radius 1 is 0.964 bits per heavy atom. The van der Waals surface area contributed by atoms with Crippen LogP contribution >= 0.6 is 0 Å². The van der Waals surface area contributed by atoms with E-state index in [0.29, 0.717) is 16.7 Å². The number of cyclic esters (lactones) is 1. The van der Waals surface area contributed by atoms with Crippen LogP contribution in [0, 0.1) is 11.8 Å². The quantitative estimate of drug-likeness (QED) is 0.463. The van der Waals surface area contributed by atoms with Crippen molar-refractivity contribution in [1.82, 2.24) is 0 Å². The molecule has 0 bridgehead atoms. The molecule has 148 valence electrons. The molecule has 0 radical (unpaired) electrons. The largest absolute Gasteiger partial charge is 0.504 e. The SMILES string of the molecule is COc1cc(C2c3cc(O)c(O)cc3[C@@H](O)[C@H]3COC(=O)C23)cc(OC)c1O. The summed E-state index contributed by atoms with van der Waals surface area (Å²) in [6.07, 6.45) is -1.03. The molecule has 0 spiro atoms. The molecule has 2 unspecified atom stereocenters. The van der Waals surface area contributed by atoms with Gasteiger partial charge in [0.15, 0.2) is 23.0 Å². The number of hydrogen-bond acceptors (Lipinski definition) is 8. The average Bonchev–Trinajstić information content (AvgIpc) is 3.06. The van der Waals surface area contributed by atoms with Gasteiger partial charge in [0, 0.05) is 11.8 Å². The van der Waals surface area contributed by atoms with Gasteiger partial charge >= 0.3 is 5.97 Å². The molecule has 2 aliphatic rings. The van der Waals surface area contributed by atoms with E-state index in [1.807, 2.05) is 0 Å². The Labute approximate surface area is 160 Å². The predicted octanol–water partition coefficient (Wildman–Crippen LogP) is 1.79. The number of benzene rings is 2. The Bertz CT molecular complexity index is 928. The van der Waals surface area contributed by atoms with Crippen LogP contribution in [0.2, 0.25) is 0 Å². The summed E-state index contributed by atoms with van der Waals surface area (Å²) in [6.45, 7) is 0.0502. The molecular formula is C20H20O8. The number of phenolic OH excluding ortho intramolecular Hbond substituents is 3. The molecule has 0 aromatic heterocycles. The summed E-state index contributed by atoms with van der Waals surface area (Å²) >= 11 is 0. The van der Waals surface area contributed by atoms with E-state index in [1.165, 1.54) is 26.4 Å². The first-order valence-corrected chi connectivity index (χ1v) is 8.72. The summed E-state index contributed by atoms with van der Waals surface area (Å²) in [5.41, 5.74) is 1.47. The van der Waals surface area contributed by atoms with Crippen LogP contribution < -0.4 is 9.47 Å². The van der Waals surface area contributed by atoms with Crippen molar-refractivity contribution in [2.24, 2.45) is 11.8 Å². The summed E-state index contributed by atoms with van der Waals surface area (Å²) < 4.78 is 15.7. The number of aliphatic hydroxyl groups excluding tert-OH is 1. The molecule has 8 nitrogen and oxygen atoms in total. The third-order valence-electron chi connectivity index (χ3n) is 5.61. The Hall–Kier alpha value is -3.13. The fourth-order valence-electron chi connectivity index (χ4n) is 4.26. The van der Waals surface area contributed by atoms with Gasteiger partial charge in [0.2, 0.25) is 5.75 Å². The summed E-state index contributed by atoms with van der Waals surface area (Å²) in [6, 6.07) is 5.80. The number of esters is 1. The number of fused-ring (bicyclic) bond motifs is 2. The number of methoxy groups -OCH3 is 2. The van der Waals surface area contributed by atoms with Crippen molar-refractivity contribution in [3.05, 3.63) is 41.0 Å². The highest BCUT2D eigenvalue weighted by Crippen LogP contribution is 2.54. The predicted molar refractivity (Wildman–Crippen MR) is 95.7 cm³/mol. The second-order valence-corrected chi connectivity index (χ2v) is 6.99. The Balaban J connectivity index is 1.98. The van der Waals surface area contributed by atoms with E-state index in [4.69, 9.17) is 14.2 Å². The molecule has 1 saturated heterocycles. The summed E-state index contributed by atoms with van der Waals surface area (Å²) in [7, 11) is 2.79. The lowest BCUT2D eigenvalue weighted by Gasteiger charge is -2.37. The molecule has 8 heteroatoms. The lowest BCUT2D eigenvalue weighted by atomic mass is 9.66. The molecular weight excluding hydrogens is 368 g/mol. The molecule has 1 fully saturated rings.